The number of nitrogens with zero attached hydrogens (tertiary/aromatic N) is 4. The van der Waals surface area contributed by atoms with Gasteiger partial charge in [0.1, 0.15) is 24.9 Å². The van der Waals surface area contributed by atoms with Gasteiger partial charge in [-0.3, -0.25) is 4.79 Å². The quantitative estimate of drug-likeness (QED) is 0.857. The lowest BCUT2D eigenvalue weighted by Gasteiger charge is -2.25. The lowest BCUT2D eigenvalue weighted by Crippen LogP contribution is -2.33. The molecule has 0 spiro atoms. The summed E-state index contributed by atoms with van der Waals surface area (Å²) in [7, 11) is 1.65. The van der Waals surface area contributed by atoms with Crippen LogP contribution < -0.4 is 4.74 Å². The average molecular weight is 286 g/mol. The first-order valence-corrected chi connectivity index (χ1v) is 7.04. The molecule has 0 aliphatic carbocycles. The van der Waals surface area contributed by atoms with E-state index in [1.54, 1.807) is 18.1 Å². The molecule has 1 atom stereocenters. The molecule has 3 rings (SSSR count). The monoisotopic (exact) mass is 286 g/mol. The van der Waals surface area contributed by atoms with Crippen molar-refractivity contribution in [2.24, 2.45) is 0 Å². The molecule has 2 heterocycles. The second kappa shape index (κ2) is 5.95. The molecule has 1 aromatic carbocycles. The van der Waals surface area contributed by atoms with E-state index in [-0.39, 0.29) is 18.5 Å². The van der Waals surface area contributed by atoms with Crippen LogP contribution in [0.2, 0.25) is 0 Å². The lowest BCUT2D eigenvalue weighted by atomic mass is 10.0. The number of methoxy groups -OCH3 is 1. The SMILES string of the molecule is COc1cccc(C2CCCN2C(=O)Cn2cncn2)c1. The summed E-state index contributed by atoms with van der Waals surface area (Å²) in [5.74, 6) is 0.897. The smallest absolute Gasteiger partial charge is 0.244 e. The summed E-state index contributed by atoms with van der Waals surface area (Å²) in [5.41, 5.74) is 1.12. The van der Waals surface area contributed by atoms with Crippen molar-refractivity contribution in [2.45, 2.75) is 25.4 Å². The molecule has 1 amide bonds. The molecule has 1 aliphatic rings. The fourth-order valence-corrected chi connectivity index (χ4v) is 2.80. The summed E-state index contributed by atoms with van der Waals surface area (Å²) in [5, 5.41) is 3.99. The van der Waals surface area contributed by atoms with E-state index in [0.29, 0.717) is 0 Å². The van der Waals surface area contributed by atoms with Crippen molar-refractivity contribution in [3.05, 3.63) is 42.5 Å². The molecular formula is C15H18N4O2. The van der Waals surface area contributed by atoms with Crippen LogP contribution in [-0.4, -0.2) is 39.2 Å². The lowest BCUT2D eigenvalue weighted by molar-refractivity contribution is -0.133. The number of hydrogen-bond donors (Lipinski definition) is 0. The highest BCUT2D eigenvalue weighted by atomic mass is 16.5. The first kappa shape index (κ1) is 13.6. The van der Waals surface area contributed by atoms with E-state index >= 15 is 0 Å². The van der Waals surface area contributed by atoms with Crippen molar-refractivity contribution in [3.8, 4) is 5.75 Å². The number of ether oxygens (including phenoxy) is 1. The molecule has 1 aromatic heterocycles. The van der Waals surface area contributed by atoms with Gasteiger partial charge in [-0.25, -0.2) is 9.67 Å². The van der Waals surface area contributed by atoms with Gasteiger partial charge in [-0.15, -0.1) is 0 Å². The van der Waals surface area contributed by atoms with Gasteiger partial charge >= 0.3 is 0 Å². The van der Waals surface area contributed by atoms with Gasteiger partial charge in [-0.2, -0.15) is 5.10 Å². The van der Waals surface area contributed by atoms with Gasteiger partial charge in [0.2, 0.25) is 5.91 Å². The third kappa shape index (κ3) is 2.89. The van der Waals surface area contributed by atoms with Gasteiger partial charge in [-0.1, -0.05) is 12.1 Å². The van der Waals surface area contributed by atoms with Crippen molar-refractivity contribution in [1.29, 1.82) is 0 Å². The Hall–Kier alpha value is -2.37. The molecule has 6 nitrogen and oxygen atoms in total. The summed E-state index contributed by atoms with van der Waals surface area (Å²) >= 11 is 0. The van der Waals surface area contributed by atoms with Gasteiger partial charge in [0.05, 0.1) is 13.2 Å². The van der Waals surface area contributed by atoms with Crippen molar-refractivity contribution < 1.29 is 9.53 Å². The van der Waals surface area contributed by atoms with Crippen molar-refractivity contribution in [2.75, 3.05) is 13.7 Å². The maximum Gasteiger partial charge on any atom is 0.244 e. The van der Waals surface area contributed by atoms with Crippen LogP contribution >= 0.6 is 0 Å². The van der Waals surface area contributed by atoms with Crippen LogP contribution in [0.5, 0.6) is 5.75 Å². The van der Waals surface area contributed by atoms with E-state index in [9.17, 15) is 4.79 Å². The van der Waals surface area contributed by atoms with E-state index in [2.05, 4.69) is 10.1 Å². The van der Waals surface area contributed by atoms with Gasteiger partial charge in [0, 0.05) is 6.54 Å². The topological polar surface area (TPSA) is 60.2 Å². The molecule has 2 aromatic rings. The molecule has 0 N–H and O–H groups in total. The van der Waals surface area contributed by atoms with E-state index in [1.165, 1.54) is 6.33 Å². The zero-order valence-electron chi connectivity index (χ0n) is 12.0. The zero-order chi connectivity index (χ0) is 14.7. The molecule has 0 radical (unpaired) electrons. The number of rotatable bonds is 4. The van der Waals surface area contributed by atoms with Crippen molar-refractivity contribution >= 4 is 5.91 Å². The summed E-state index contributed by atoms with van der Waals surface area (Å²) in [6.45, 7) is 1.02. The predicted molar refractivity (Wildman–Crippen MR) is 76.7 cm³/mol. The van der Waals surface area contributed by atoms with Gasteiger partial charge in [0.25, 0.3) is 0 Å². The maximum atomic E-state index is 12.5. The molecule has 1 saturated heterocycles. The minimum atomic E-state index is 0.0748. The normalized spacial score (nSPS) is 18.0. The van der Waals surface area contributed by atoms with Crippen LogP contribution in [-0.2, 0) is 11.3 Å². The zero-order valence-corrected chi connectivity index (χ0v) is 12.0. The fourth-order valence-electron chi connectivity index (χ4n) is 2.80. The van der Waals surface area contributed by atoms with E-state index in [1.807, 2.05) is 29.2 Å². The number of carbonyl (C=O) groups is 1. The van der Waals surface area contributed by atoms with Crippen molar-refractivity contribution in [3.63, 3.8) is 0 Å². The number of aromatic nitrogens is 3. The van der Waals surface area contributed by atoms with E-state index < -0.39 is 0 Å². The van der Waals surface area contributed by atoms with Crippen LogP contribution in [0.25, 0.3) is 0 Å². The molecule has 21 heavy (non-hydrogen) atoms. The molecule has 1 unspecified atom stereocenters. The third-order valence-corrected chi connectivity index (χ3v) is 3.82. The predicted octanol–water partition coefficient (Wildman–Crippen LogP) is 1.65. The van der Waals surface area contributed by atoms with Gasteiger partial charge < -0.3 is 9.64 Å². The van der Waals surface area contributed by atoms with Crippen molar-refractivity contribution in [1.82, 2.24) is 19.7 Å². The second-order valence-corrected chi connectivity index (χ2v) is 5.11. The van der Waals surface area contributed by atoms with Crippen LogP contribution in [0.3, 0.4) is 0 Å². The molecule has 110 valence electrons. The highest BCUT2D eigenvalue weighted by Gasteiger charge is 2.30. The third-order valence-electron chi connectivity index (χ3n) is 3.82. The Balaban J connectivity index is 1.76. The van der Waals surface area contributed by atoms with Crippen LogP contribution in [0, 0.1) is 0 Å². The molecule has 0 bridgehead atoms. The minimum Gasteiger partial charge on any atom is -0.497 e. The van der Waals surface area contributed by atoms with Crippen LogP contribution in [0.15, 0.2) is 36.9 Å². The highest BCUT2D eigenvalue weighted by molar-refractivity contribution is 5.76. The average Bonchev–Trinajstić information content (AvgIpc) is 3.18. The summed E-state index contributed by atoms with van der Waals surface area (Å²) < 4.78 is 6.83. The number of benzene rings is 1. The number of hydrogen-bond acceptors (Lipinski definition) is 4. The summed E-state index contributed by atoms with van der Waals surface area (Å²) in [6, 6.07) is 8.06. The van der Waals surface area contributed by atoms with Crippen LogP contribution in [0.1, 0.15) is 24.4 Å². The molecule has 1 fully saturated rings. The highest BCUT2D eigenvalue weighted by Crippen LogP contribution is 2.33. The first-order valence-electron chi connectivity index (χ1n) is 7.04. The standard InChI is InChI=1S/C15H18N4O2/c1-21-13-5-2-4-12(8-13)14-6-3-7-19(14)15(20)9-18-11-16-10-17-18/h2,4-5,8,10-11,14H,3,6-7,9H2,1H3. The number of likely N-dealkylation sites (tertiary alicyclic amines) is 1. The molecule has 0 saturated carbocycles. The Morgan fingerprint density at radius 1 is 1.48 bits per heavy atom. The largest absolute Gasteiger partial charge is 0.497 e. The van der Waals surface area contributed by atoms with Gasteiger partial charge in [0.15, 0.2) is 0 Å². The summed E-state index contributed by atoms with van der Waals surface area (Å²) in [6.07, 6.45) is 5.01. The molecule has 1 aliphatic heterocycles. The van der Waals surface area contributed by atoms with E-state index in [4.69, 9.17) is 4.74 Å². The first-order chi connectivity index (χ1) is 10.3. The Labute approximate surface area is 123 Å². The Morgan fingerprint density at radius 3 is 3.14 bits per heavy atom. The molecule has 6 heteroatoms. The maximum absolute atomic E-state index is 12.5. The van der Waals surface area contributed by atoms with E-state index in [0.717, 1.165) is 30.7 Å². The minimum absolute atomic E-state index is 0.0748. The fraction of sp³-hybridized carbons (Fsp3) is 0.400. The Bertz CT molecular complexity index is 612. The number of carbonyl (C=O) groups excluding carboxylic acids is 1. The molecular weight excluding hydrogens is 268 g/mol. The number of amides is 1. The van der Waals surface area contributed by atoms with Gasteiger partial charge in [-0.05, 0) is 30.5 Å². The Morgan fingerprint density at radius 2 is 2.38 bits per heavy atom. The second-order valence-electron chi connectivity index (χ2n) is 5.11. The summed E-state index contributed by atoms with van der Waals surface area (Å²) in [4.78, 5) is 18.3. The Kier molecular flexibility index (Phi) is 3.85. The van der Waals surface area contributed by atoms with Crippen LogP contribution in [0.4, 0.5) is 0 Å².